The van der Waals surface area contributed by atoms with Gasteiger partial charge in [0.2, 0.25) is 0 Å². The van der Waals surface area contributed by atoms with E-state index in [-0.39, 0.29) is 6.03 Å². The average molecular weight is 405 g/mol. The van der Waals surface area contributed by atoms with Crippen molar-refractivity contribution in [3.05, 3.63) is 28.8 Å². The summed E-state index contributed by atoms with van der Waals surface area (Å²) in [5.41, 5.74) is 0.959. The maximum atomic E-state index is 12.0. The van der Waals surface area contributed by atoms with E-state index in [1.807, 2.05) is 17.6 Å². The van der Waals surface area contributed by atoms with Gasteiger partial charge in [-0.3, -0.25) is 5.32 Å². The number of rotatable bonds is 9. The molecular formula is C18H24N6OS2. The number of aromatic nitrogens is 3. The van der Waals surface area contributed by atoms with E-state index in [0.717, 1.165) is 46.7 Å². The molecule has 0 unspecified atom stereocenters. The highest BCUT2D eigenvalue weighted by atomic mass is 32.1. The van der Waals surface area contributed by atoms with Crippen LogP contribution < -0.4 is 16.0 Å². The van der Waals surface area contributed by atoms with Crippen LogP contribution in [-0.4, -0.2) is 34.1 Å². The van der Waals surface area contributed by atoms with E-state index in [9.17, 15) is 4.79 Å². The molecule has 2 amide bonds. The lowest BCUT2D eigenvalue weighted by Crippen LogP contribution is -2.32. The van der Waals surface area contributed by atoms with Gasteiger partial charge in [0.1, 0.15) is 12.1 Å². The molecule has 144 valence electrons. The van der Waals surface area contributed by atoms with E-state index in [1.54, 1.807) is 17.7 Å². The molecule has 3 N–H and O–H groups in total. The van der Waals surface area contributed by atoms with Crippen molar-refractivity contribution in [2.24, 2.45) is 5.92 Å². The summed E-state index contributed by atoms with van der Waals surface area (Å²) in [6, 6.07) is 1.80. The smallest absolute Gasteiger partial charge is 0.321 e. The minimum Gasteiger partial charge on any atom is -0.368 e. The van der Waals surface area contributed by atoms with E-state index in [2.05, 4.69) is 44.7 Å². The van der Waals surface area contributed by atoms with E-state index in [0.29, 0.717) is 17.6 Å². The molecule has 3 rings (SSSR count). The quantitative estimate of drug-likeness (QED) is 0.493. The molecule has 0 aliphatic carbocycles. The molecule has 7 nitrogen and oxygen atoms in total. The van der Waals surface area contributed by atoms with Gasteiger partial charge in [0.15, 0.2) is 5.13 Å². The van der Waals surface area contributed by atoms with Crippen LogP contribution in [0.1, 0.15) is 31.6 Å². The molecule has 0 saturated heterocycles. The maximum Gasteiger partial charge on any atom is 0.321 e. The molecule has 3 heterocycles. The number of hydrogen-bond donors (Lipinski definition) is 3. The van der Waals surface area contributed by atoms with Crippen LogP contribution in [0.4, 0.5) is 15.7 Å². The third-order valence-electron chi connectivity index (χ3n) is 4.39. The molecule has 9 heteroatoms. The van der Waals surface area contributed by atoms with Crippen molar-refractivity contribution in [3.8, 4) is 0 Å². The number of thiophene rings is 1. The van der Waals surface area contributed by atoms with E-state index in [1.165, 1.54) is 11.3 Å². The lowest BCUT2D eigenvalue weighted by molar-refractivity contribution is 0.249. The molecule has 3 aromatic rings. The number of urea groups is 1. The Hall–Kier alpha value is -2.26. The topological polar surface area (TPSA) is 91.8 Å². The third kappa shape index (κ3) is 5.36. The summed E-state index contributed by atoms with van der Waals surface area (Å²) in [5.74, 6) is 1.38. The summed E-state index contributed by atoms with van der Waals surface area (Å²) < 4.78 is 1.07. The summed E-state index contributed by atoms with van der Waals surface area (Å²) in [7, 11) is 0. The molecule has 0 spiro atoms. The molecule has 0 bridgehead atoms. The molecule has 0 aromatic carbocycles. The van der Waals surface area contributed by atoms with Crippen molar-refractivity contribution in [3.63, 3.8) is 0 Å². The van der Waals surface area contributed by atoms with Crippen molar-refractivity contribution >= 4 is 49.9 Å². The van der Waals surface area contributed by atoms with Gasteiger partial charge in [-0.2, -0.15) is 0 Å². The fraction of sp³-hybridized carbons (Fsp3) is 0.444. The first kappa shape index (κ1) is 19.5. The zero-order valence-electron chi connectivity index (χ0n) is 15.5. The number of nitrogens with one attached hydrogen (secondary N) is 3. The Bertz CT molecular complexity index is 873. The highest BCUT2D eigenvalue weighted by Gasteiger charge is 2.09. The fourth-order valence-electron chi connectivity index (χ4n) is 2.66. The maximum absolute atomic E-state index is 12.0. The Morgan fingerprint density at radius 2 is 2.07 bits per heavy atom. The van der Waals surface area contributed by atoms with Gasteiger partial charge in [-0.15, -0.1) is 22.7 Å². The van der Waals surface area contributed by atoms with E-state index in [4.69, 9.17) is 0 Å². The second-order valence-corrected chi connectivity index (χ2v) is 8.21. The molecule has 27 heavy (non-hydrogen) atoms. The van der Waals surface area contributed by atoms with Crippen molar-refractivity contribution in [1.29, 1.82) is 0 Å². The van der Waals surface area contributed by atoms with Gasteiger partial charge in [-0.25, -0.2) is 19.7 Å². The van der Waals surface area contributed by atoms with Gasteiger partial charge in [0.05, 0.1) is 10.2 Å². The fourth-order valence-corrected chi connectivity index (χ4v) is 4.27. The normalized spacial score (nSPS) is 11.1. The zero-order valence-corrected chi connectivity index (χ0v) is 17.1. The largest absolute Gasteiger partial charge is 0.368 e. The molecule has 0 aliphatic heterocycles. The summed E-state index contributed by atoms with van der Waals surface area (Å²) in [6.45, 7) is 5.71. The third-order valence-corrected chi connectivity index (χ3v) is 6.27. The number of carbonyl (C=O) groups is 1. The zero-order chi connectivity index (χ0) is 19.1. The monoisotopic (exact) mass is 404 g/mol. The Labute approximate surface area is 166 Å². The second-order valence-electron chi connectivity index (χ2n) is 6.18. The van der Waals surface area contributed by atoms with Gasteiger partial charge < -0.3 is 10.6 Å². The lowest BCUT2D eigenvalue weighted by atomic mass is 10.0. The number of anilines is 2. The summed E-state index contributed by atoms with van der Waals surface area (Å²) in [4.78, 5) is 25.9. The Kier molecular flexibility index (Phi) is 6.94. The number of amides is 2. The standard InChI is InChI=1S/C18H24N6OS2/c1-3-12(4-2)9-20-17(25)24-18-21-10-13(27-18)5-7-19-16-15-14(6-8-26-15)22-11-23-16/h6,8,10-12H,3-5,7,9H2,1-2H3,(H,19,22,23)(H2,20,21,24,25). The van der Waals surface area contributed by atoms with Gasteiger partial charge in [0.25, 0.3) is 0 Å². The van der Waals surface area contributed by atoms with Crippen LogP contribution in [0.2, 0.25) is 0 Å². The summed E-state index contributed by atoms with van der Waals surface area (Å²) >= 11 is 3.12. The van der Waals surface area contributed by atoms with Crippen LogP contribution in [-0.2, 0) is 6.42 Å². The van der Waals surface area contributed by atoms with Crippen LogP contribution in [0.15, 0.2) is 24.0 Å². The Balaban J connectivity index is 1.45. The van der Waals surface area contributed by atoms with E-state index < -0.39 is 0 Å². The number of hydrogen-bond acceptors (Lipinski definition) is 7. The van der Waals surface area contributed by atoms with Gasteiger partial charge in [-0.1, -0.05) is 26.7 Å². The first-order chi connectivity index (χ1) is 13.2. The molecular weight excluding hydrogens is 380 g/mol. The molecule has 0 atom stereocenters. The lowest BCUT2D eigenvalue weighted by Gasteiger charge is -2.12. The average Bonchev–Trinajstić information content (AvgIpc) is 3.32. The van der Waals surface area contributed by atoms with Crippen LogP contribution in [0.5, 0.6) is 0 Å². The molecule has 0 fully saturated rings. The van der Waals surface area contributed by atoms with Crippen molar-refractivity contribution in [1.82, 2.24) is 20.3 Å². The van der Waals surface area contributed by atoms with Gasteiger partial charge >= 0.3 is 6.03 Å². The van der Waals surface area contributed by atoms with Crippen molar-refractivity contribution in [2.75, 3.05) is 23.7 Å². The molecule has 0 radical (unpaired) electrons. The minimum atomic E-state index is -0.193. The number of carbonyl (C=O) groups excluding carboxylic acids is 1. The molecule has 3 aromatic heterocycles. The predicted molar refractivity (Wildman–Crippen MR) is 113 cm³/mol. The van der Waals surface area contributed by atoms with Crippen molar-refractivity contribution < 1.29 is 4.79 Å². The first-order valence-corrected chi connectivity index (χ1v) is 10.8. The molecule has 0 aliphatic rings. The van der Waals surface area contributed by atoms with Crippen molar-refractivity contribution in [2.45, 2.75) is 33.1 Å². The molecule has 0 saturated carbocycles. The van der Waals surface area contributed by atoms with Gasteiger partial charge in [0, 0.05) is 30.6 Å². The first-order valence-electron chi connectivity index (χ1n) is 9.11. The van der Waals surface area contributed by atoms with Gasteiger partial charge in [-0.05, 0) is 17.4 Å². The van der Waals surface area contributed by atoms with Crippen LogP contribution >= 0.6 is 22.7 Å². The van der Waals surface area contributed by atoms with E-state index >= 15 is 0 Å². The number of nitrogens with zero attached hydrogens (tertiary/aromatic N) is 3. The second kappa shape index (κ2) is 9.61. The Morgan fingerprint density at radius 3 is 2.89 bits per heavy atom. The number of fused-ring (bicyclic) bond motifs is 1. The van der Waals surface area contributed by atoms with Crippen LogP contribution in [0, 0.1) is 5.92 Å². The summed E-state index contributed by atoms with van der Waals surface area (Å²) in [5, 5.41) is 11.7. The highest BCUT2D eigenvalue weighted by molar-refractivity contribution is 7.17. The predicted octanol–water partition coefficient (Wildman–Crippen LogP) is 4.36. The highest BCUT2D eigenvalue weighted by Crippen LogP contribution is 2.25. The summed E-state index contributed by atoms with van der Waals surface area (Å²) in [6.07, 6.45) is 6.33. The SMILES string of the molecule is CCC(CC)CNC(=O)Nc1ncc(CCNc2ncnc3ccsc23)s1. The number of thiazole rings is 1. The minimum absolute atomic E-state index is 0.193. The van der Waals surface area contributed by atoms with Crippen LogP contribution in [0.25, 0.3) is 10.2 Å². The Morgan fingerprint density at radius 1 is 1.22 bits per heavy atom. The van der Waals surface area contributed by atoms with Crippen LogP contribution in [0.3, 0.4) is 0 Å².